The minimum Gasteiger partial charge on any atom is -0.422 e. The molecule has 4 heteroatoms. The van der Waals surface area contributed by atoms with Crippen LogP contribution in [0, 0.1) is 13.8 Å². The fourth-order valence-electron chi connectivity index (χ4n) is 2.06. The summed E-state index contributed by atoms with van der Waals surface area (Å²) in [7, 11) is 0. The first-order chi connectivity index (χ1) is 9.13. The molecule has 0 bridgehead atoms. The minimum atomic E-state index is -0.413. The van der Waals surface area contributed by atoms with Crippen LogP contribution in [0.3, 0.4) is 0 Å². The zero-order chi connectivity index (χ0) is 13.4. The van der Waals surface area contributed by atoms with E-state index in [9.17, 15) is 4.79 Å². The van der Waals surface area contributed by atoms with Crippen molar-refractivity contribution in [3.8, 4) is 11.4 Å². The van der Waals surface area contributed by atoms with Crippen molar-refractivity contribution in [2.24, 2.45) is 0 Å². The fourth-order valence-corrected chi connectivity index (χ4v) is 2.06. The van der Waals surface area contributed by atoms with Crippen LogP contribution < -0.4 is 5.63 Å². The molecule has 94 valence electrons. The normalized spacial score (nSPS) is 10.8. The summed E-state index contributed by atoms with van der Waals surface area (Å²) in [5.74, 6) is 0.414. The third-order valence-corrected chi connectivity index (χ3v) is 2.86. The Kier molecular flexibility index (Phi) is 2.63. The SMILES string of the molecule is Cc1cc(C)nc(-c2cc3ccccc3oc2=O)n1. The molecule has 0 saturated carbocycles. The van der Waals surface area contributed by atoms with Gasteiger partial charge < -0.3 is 4.42 Å². The number of aromatic nitrogens is 2. The second kappa shape index (κ2) is 4.31. The van der Waals surface area contributed by atoms with E-state index < -0.39 is 5.63 Å². The highest BCUT2D eigenvalue weighted by molar-refractivity contribution is 5.80. The third-order valence-electron chi connectivity index (χ3n) is 2.86. The smallest absolute Gasteiger partial charge is 0.347 e. The Bertz CT molecular complexity index is 801. The lowest BCUT2D eigenvalue weighted by Gasteiger charge is -2.03. The van der Waals surface area contributed by atoms with Crippen molar-refractivity contribution in [1.29, 1.82) is 0 Å². The van der Waals surface area contributed by atoms with Crippen molar-refractivity contribution < 1.29 is 4.42 Å². The number of para-hydroxylation sites is 1. The summed E-state index contributed by atoms with van der Waals surface area (Å²) in [4.78, 5) is 20.6. The lowest BCUT2D eigenvalue weighted by molar-refractivity contribution is 0.562. The van der Waals surface area contributed by atoms with E-state index in [-0.39, 0.29) is 0 Å². The molecule has 0 saturated heterocycles. The van der Waals surface area contributed by atoms with E-state index in [0.29, 0.717) is 17.0 Å². The number of hydrogen-bond donors (Lipinski definition) is 0. The van der Waals surface area contributed by atoms with Gasteiger partial charge in [-0.1, -0.05) is 18.2 Å². The molecule has 0 radical (unpaired) electrons. The molecule has 0 N–H and O–H groups in total. The maximum absolute atomic E-state index is 12.0. The summed E-state index contributed by atoms with van der Waals surface area (Å²) < 4.78 is 5.29. The highest BCUT2D eigenvalue weighted by atomic mass is 16.4. The summed E-state index contributed by atoms with van der Waals surface area (Å²) in [6.07, 6.45) is 0. The Morgan fingerprint density at radius 1 is 1.00 bits per heavy atom. The fraction of sp³-hybridized carbons (Fsp3) is 0.133. The molecule has 2 heterocycles. The van der Waals surface area contributed by atoms with Crippen LogP contribution in [-0.2, 0) is 0 Å². The summed E-state index contributed by atoms with van der Waals surface area (Å²) in [5, 5.41) is 0.861. The lowest BCUT2D eigenvalue weighted by Crippen LogP contribution is -2.06. The lowest BCUT2D eigenvalue weighted by atomic mass is 10.1. The van der Waals surface area contributed by atoms with E-state index in [1.165, 1.54) is 0 Å². The first-order valence-electron chi connectivity index (χ1n) is 5.99. The molecule has 3 aromatic rings. The number of fused-ring (bicyclic) bond motifs is 1. The summed E-state index contributed by atoms with van der Waals surface area (Å²) >= 11 is 0. The molecule has 0 amide bonds. The van der Waals surface area contributed by atoms with Gasteiger partial charge in [0.05, 0.1) is 0 Å². The first kappa shape index (κ1) is 11.6. The molecule has 2 aromatic heterocycles. The van der Waals surface area contributed by atoms with Gasteiger partial charge in [-0.2, -0.15) is 0 Å². The van der Waals surface area contributed by atoms with Gasteiger partial charge in [0.25, 0.3) is 0 Å². The van der Waals surface area contributed by atoms with Crippen molar-refractivity contribution in [3.63, 3.8) is 0 Å². The quantitative estimate of drug-likeness (QED) is 0.625. The van der Waals surface area contributed by atoms with Gasteiger partial charge in [-0.05, 0) is 32.0 Å². The number of nitrogens with zero attached hydrogens (tertiary/aromatic N) is 2. The van der Waals surface area contributed by atoms with Gasteiger partial charge in [0.15, 0.2) is 5.82 Å². The number of benzene rings is 1. The van der Waals surface area contributed by atoms with E-state index >= 15 is 0 Å². The topological polar surface area (TPSA) is 56.0 Å². The molecule has 0 aliphatic carbocycles. The van der Waals surface area contributed by atoms with Gasteiger partial charge >= 0.3 is 5.63 Å². The van der Waals surface area contributed by atoms with Crippen LogP contribution in [0.1, 0.15) is 11.4 Å². The van der Waals surface area contributed by atoms with Crippen LogP contribution >= 0.6 is 0 Å². The predicted octanol–water partition coefficient (Wildman–Crippen LogP) is 2.87. The standard InChI is InChI=1S/C15H12N2O2/c1-9-7-10(2)17-14(16-9)12-8-11-5-3-4-6-13(11)19-15(12)18/h3-8H,1-2H3. The van der Waals surface area contributed by atoms with Gasteiger partial charge in [-0.3, -0.25) is 0 Å². The number of rotatable bonds is 1. The van der Waals surface area contributed by atoms with Crippen molar-refractivity contribution in [2.45, 2.75) is 13.8 Å². The third kappa shape index (κ3) is 2.12. The van der Waals surface area contributed by atoms with Crippen LogP contribution in [0.4, 0.5) is 0 Å². The Morgan fingerprint density at radius 2 is 1.68 bits per heavy atom. The molecule has 0 aliphatic rings. The van der Waals surface area contributed by atoms with Crippen LogP contribution in [0.5, 0.6) is 0 Å². The maximum Gasteiger partial charge on any atom is 0.347 e. The van der Waals surface area contributed by atoms with Gasteiger partial charge in [-0.15, -0.1) is 0 Å². The molecule has 3 rings (SSSR count). The molecule has 0 atom stereocenters. The van der Waals surface area contributed by atoms with Crippen molar-refractivity contribution in [2.75, 3.05) is 0 Å². The summed E-state index contributed by atoms with van der Waals surface area (Å²) in [6.45, 7) is 3.75. The molecular formula is C15H12N2O2. The van der Waals surface area contributed by atoms with Crippen LogP contribution in [0.15, 0.2) is 45.6 Å². The Morgan fingerprint density at radius 3 is 2.42 bits per heavy atom. The van der Waals surface area contributed by atoms with E-state index in [0.717, 1.165) is 16.8 Å². The van der Waals surface area contributed by atoms with Crippen LogP contribution in [-0.4, -0.2) is 9.97 Å². The molecule has 0 spiro atoms. The zero-order valence-electron chi connectivity index (χ0n) is 10.7. The minimum absolute atomic E-state index is 0.394. The van der Waals surface area contributed by atoms with E-state index in [1.807, 2.05) is 38.1 Å². The Hall–Kier alpha value is -2.49. The van der Waals surface area contributed by atoms with Crippen molar-refractivity contribution in [1.82, 2.24) is 9.97 Å². The van der Waals surface area contributed by atoms with Gasteiger partial charge in [0.1, 0.15) is 11.1 Å². The second-order valence-electron chi connectivity index (χ2n) is 4.46. The Balaban J connectivity index is 2.30. The maximum atomic E-state index is 12.0. The van der Waals surface area contributed by atoms with E-state index in [1.54, 1.807) is 12.1 Å². The molecule has 0 fully saturated rings. The highest BCUT2D eigenvalue weighted by Crippen LogP contribution is 2.18. The Labute approximate surface area is 109 Å². The van der Waals surface area contributed by atoms with E-state index in [2.05, 4.69) is 9.97 Å². The molecular weight excluding hydrogens is 240 g/mol. The molecule has 19 heavy (non-hydrogen) atoms. The van der Waals surface area contributed by atoms with Crippen LogP contribution in [0.25, 0.3) is 22.4 Å². The number of aryl methyl sites for hydroxylation is 2. The molecule has 4 nitrogen and oxygen atoms in total. The van der Waals surface area contributed by atoms with E-state index in [4.69, 9.17) is 4.42 Å². The van der Waals surface area contributed by atoms with Crippen molar-refractivity contribution >= 4 is 11.0 Å². The van der Waals surface area contributed by atoms with Gasteiger partial charge in [0.2, 0.25) is 0 Å². The molecule has 0 unspecified atom stereocenters. The first-order valence-corrected chi connectivity index (χ1v) is 5.99. The molecule has 0 aliphatic heterocycles. The van der Waals surface area contributed by atoms with Crippen LogP contribution in [0.2, 0.25) is 0 Å². The molecule has 1 aromatic carbocycles. The summed E-state index contributed by atoms with van der Waals surface area (Å²) in [6, 6.07) is 11.0. The predicted molar refractivity (Wildman–Crippen MR) is 73.0 cm³/mol. The average molecular weight is 252 g/mol. The largest absolute Gasteiger partial charge is 0.422 e. The second-order valence-corrected chi connectivity index (χ2v) is 4.46. The van der Waals surface area contributed by atoms with Crippen molar-refractivity contribution in [3.05, 3.63) is 58.2 Å². The van der Waals surface area contributed by atoms with Gasteiger partial charge in [0, 0.05) is 16.8 Å². The summed E-state index contributed by atoms with van der Waals surface area (Å²) in [5.41, 5.74) is 2.21. The van der Waals surface area contributed by atoms with Gasteiger partial charge in [-0.25, -0.2) is 14.8 Å². The zero-order valence-corrected chi connectivity index (χ0v) is 10.7. The average Bonchev–Trinajstić information content (AvgIpc) is 2.36. The number of hydrogen-bond acceptors (Lipinski definition) is 4. The highest BCUT2D eigenvalue weighted by Gasteiger charge is 2.11. The monoisotopic (exact) mass is 252 g/mol.